The second kappa shape index (κ2) is 6.46. The van der Waals surface area contributed by atoms with Gasteiger partial charge in [0.05, 0.1) is 0 Å². The quantitative estimate of drug-likeness (QED) is 0.521. The molecule has 0 rings (SSSR count). The van der Waals surface area contributed by atoms with Crippen LogP contribution in [0.15, 0.2) is 11.6 Å². The Morgan fingerprint density at radius 3 is 2.00 bits per heavy atom. The van der Waals surface area contributed by atoms with Gasteiger partial charge in [-0.2, -0.15) is 6.08 Å². The average molecular weight is 321 g/mol. The van der Waals surface area contributed by atoms with E-state index in [9.17, 15) is 4.79 Å². The predicted molar refractivity (Wildman–Crippen MR) is 25.1 cm³/mol. The zero-order valence-corrected chi connectivity index (χ0v) is 8.65. The third kappa shape index (κ3) is 10.7. The molecule has 0 unspecified atom stereocenters. The van der Waals surface area contributed by atoms with E-state index in [2.05, 4.69) is 0 Å². The van der Waals surface area contributed by atoms with Gasteiger partial charge < -0.3 is 4.79 Å². The maximum atomic E-state index is 9.41. The Balaban J connectivity index is 0. The SMILES string of the molecule is CC(C)=C[C-]=O.[U+2]. The Bertz CT molecular complexity index is 72.1. The molecule has 1 nitrogen and oxygen atoms in total. The standard InChI is InChI=1S/C5H7O.U/c1-5(2)3-4-6;/h3H,1-2H3;/q-1;+2. The van der Waals surface area contributed by atoms with Gasteiger partial charge in [-0.3, -0.25) is 0 Å². The zero-order chi connectivity index (χ0) is 4.99. The van der Waals surface area contributed by atoms with Crippen LogP contribution in [0.5, 0.6) is 0 Å². The number of rotatable bonds is 1. The summed E-state index contributed by atoms with van der Waals surface area (Å²) >= 11 is 0. The fourth-order valence-electron chi connectivity index (χ4n) is 0.118. The summed E-state index contributed by atoms with van der Waals surface area (Å²) in [6, 6.07) is 0. The molecule has 0 aromatic rings. The number of allylic oxidation sites excluding steroid dienone is 2. The second-order valence-corrected chi connectivity index (χ2v) is 1.34. The van der Waals surface area contributed by atoms with E-state index in [-0.39, 0.29) is 31.1 Å². The zero-order valence-electron chi connectivity index (χ0n) is 4.49. The molecule has 0 aliphatic rings. The molecule has 0 heterocycles. The Morgan fingerprint density at radius 2 is 2.00 bits per heavy atom. The van der Waals surface area contributed by atoms with E-state index in [1.807, 2.05) is 13.8 Å². The van der Waals surface area contributed by atoms with Crippen LogP contribution in [0.2, 0.25) is 0 Å². The van der Waals surface area contributed by atoms with Crippen molar-refractivity contribution in [1.82, 2.24) is 0 Å². The Hall–Kier alpha value is 0.462. The smallest absolute Gasteiger partial charge is 0.419 e. The van der Waals surface area contributed by atoms with Gasteiger partial charge in [-0.15, -0.1) is 13.8 Å². The maximum Gasteiger partial charge on any atom is 2.00 e. The van der Waals surface area contributed by atoms with Crippen molar-refractivity contribution in [1.29, 1.82) is 0 Å². The van der Waals surface area contributed by atoms with Crippen LogP contribution in [-0.4, -0.2) is 6.29 Å². The molecule has 0 spiro atoms. The summed E-state index contributed by atoms with van der Waals surface area (Å²) in [5, 5.41) is 0. The molecule has 0 radical (unpaired) electrons. The molecule has 0 fully saturated rings. The molecule has 0 N–H and O–H groups in total. The van der Waals surface area contributed by atoms with Crippen LogP contribution in [0.3, 0.4) is 0 Å². The molecule has 7 heavy (non-hydrogen) atoms. The summed E-state index contributed by atoms with van der Waals surface area (Å²) in [6.07, 6.45) is 3.06. The van der Waals surface area contributed by atoms with E-state index in [0.717, 1.165) is 5.57 Å². The van der Waals surface area contributed by atoms with E-state index in [1.165, 1.54) is 6.08 Å². The van der Waals surface area contributed by atoms with Crippen molar-refractivity contribution in [2.75, 3.05) is 0 Å². The van der Waals surface area contributed by atoms with Crippen LogP contribution in [0.1, 0.15) is 13.8 Å². The Kier molecular flexibility index (Phi) is 9.64. The van der Waals surface area contributed by atoms with E-state index < -0.39 is 0 Å². The van der Waals surface area contributed by atoms with Crippen molar-refractivity contribution in [3.8, 4) is 0 Å². The summed E-state index contributed by atoms with van der Waals surface area (Å²) in [7, 11) is 0. The van der Waals surface area contributed by atoms with Crippen LogP contribution in [-0.2, 0) is 4.79 Å². The van der Waals surface area contributed by atoms with Crippen LogP contribution < -0.4 is 0 Å². The fraction of sp³-hybridized carbons (Fsp3) is 0.400. The summed E-state index contributed by atoms with van der Waals surface area (Å²) < 4.78 is 0. The van der Waals surface area contributed by atoms with Gasteiger partial charge in [0.15, 0.2) is 0 Å². The average Bonchev–Trinajstić information content (AvgIpc) is 1.35. The van der Waals surface area contributed by atoms with Crippen LogP contribution in [0.4, 0.5) is 0 Å². The van der Waals surface area contributed by atoms with Gasteiger partial charge in [0.25, 0.3) is 0 Å². The minimum Gasteiger partial charge on any atom is -0.419 e. The summed E-state index contributed by atoms with van der Waals surface area (Å²) in [4.78, 5) is 9.41. The monoisotopic (exact) mass is 321 g/mol. The van der Waals surface area contributed by atoms with Crippen LogP contribution in [0.25, 0.3) is 0 Å². The van der Waals surface area contributed by atoms with Crippen molar-refractivity contribution < 1.29 is 35.9 Å². The van der Waals surface area contributed by atoms with E-state index in [0.29, 0.717) is 0 Å². The first-order valence-corrected chi connectivity index (χ1v) is 1.78. The largest absolute Gasteiger partial charge is 2.00 e. The van der Waals surface area contributed by atoms with Gasteiger partial charge in [-0.05, 0) is 6.29 Å². The summed E-state index contributed by atoms with van der Waals surface area (Å²) in [6.45, 7) is 3.70. The first-order valence-electron chi connectivity index (χ1n) is 1.78. The molecule has 2 heteroatoms. The second-order valence-electron chi connectivity index (χ2n) is 1.34. The minimum atomic E-state index is 0. The normalized spacial score (nSPS) is 6.00. The molecule has 0 aliphatic carbocycles. The molecule has 36 valence electrons. The first-order chi connectivity index (χ1) is 2.77. The van der Waals surface area contributed by atoms with Crippen molar-refractivity contribution in [3.63, 3.8) is 0 Å². The number of hydrogen-bond acceptors (Lipinski definition) is 1. The van der Waals surface area contributed by atoms with Gasteiger partial charge in [-0.1, -0.05) is 0 Å². The maximum absolute atomic E-state index is 9.41. The minimum absolute atomic E-state index is 0. The number of carbonyl (C=O) groups excluding carboxylic acids is 1. The fourth-order valence-corrected chi connectivity index (χ4v) is 0.118. The van der Waals surface area contributed by atoms with Crippen molar-refractivity contribution >= 4 is 6.29 Å². The van der Waals surface area contributed by atoms with E-state index in [1.54, 1.807) is 6.29 Å². The molecule has 0 aromatic heterocycles. The van der Waals surface area contributed by atoms with Gasteiger partial charge in [0, 0.05) is 0 Å². The van der Waals surface area contributed by atoms with Crippen molar-refractivity contribution in [3.05, 3.63) is 11.6 Å². The van der Waals surface area contributed by atoms with Gasteiger partial charge >= 0.3 is 31.1 Å². The molecule has 0 aliphatic heterocycles. The van der Waals surface area contributed by atoms with Gasteiger partial charge in [0.1, 0.15) is 0 Å². The van der Waals surface area contributed by atoms with E-state index >= 15 is 0 Å². The number of hydrogen-bond donors (Lipinski definition) is 0. The topological polar surface area (TPSA) is 17.1 Å². The Labute approximate surface area is 67.6 Å². The predicted octanol–water partition coefficient (Wildman–Crippen LogP) is 1.06. The Morgan fingerprint density at radius 1 is 1.57 bits per heavy atom. The first kappa shape index (κ1) is 10.4. The third-order valence-corrected chi connectivity index (χ3v) is 0.348. The van der Waals surface area contributed by atoms with Crippen LogP contribution >= 0.6 is 0 Å². The molecule has 0 saturated heterocycles. The molecule has 0 aromatic carbocycles. The third-order valence-electron chi connectivity index (χ3n) is 0.348. The van der Waals surface area contributed by atoms with Crippen molar-refractivity contribution in [2.24, 2.45) is 0 Å². The summed E-state index contributed by atoms with van der Waals surface area (Å²) in [5.74, 6) is 0. The van der Waals surface area contributed by atoms with Gasteiger partial charge in [-0.25, -0.2) is 5.57 Å². The molecule has 0 saturated carbocycles. The van der Waals surface area contributed by atoms with Gasteiger partial charge in [0.2, 0.25) is 0 Å². The summed E-state index contributed by atoms with van der Waals surface area (Å²) in [5.41, 5.74) is 0.991. The molecule has 0 bridgehead atoms. The van der Waals surface area contributed by atoms with Crippen LogP contribution in [0, 0.1) is 31.1 Å². The molecular weight excluding hydrogens is 314 g/mol. The van der Waals surface area contributed by atoms with E-state index in [4.69, 9.17) is 0 Å². The molecular formula is C5H7OU+. The molecule has 0 atom stereocenters. The van der Waals surface area contributed by atoms with Crippen molar-refractivity contribution in [2.45, 2.75) is 13.8 Å². The molecule has 0 amide bonds.